The number of nitrogens with two attached hydrogens (primary N) is 2. The normalized spacial score (nSPS) is 4.67. The average Bonchev–Trinajstić information content (AvgIpc) is 1.41. The van der Waals surface area contributed by atoms with Gasteiger partial charge in [0.25, 0.3) is 0 Å². The van der Waals surface area contributed by atoms with Crippen LogP contribution < -0.4 is 0 Å². The zero-order valence-electron chi connectivity index (χ0n) is 6.46. The van der Waals surface area contributed by atoms with E-state index >= 15 is 0 Å². The van der Waals surface area contributed by atoms with Gasteiger partial charge in [-0.2, -0.15) is 12.8 Å². The Morgan fingerprint density at radius 1 is 1.00 bits per heavy atom. The van der Waals surface area contributed by atoms with Gasteiger partial charge < -0.3 is 26.1 Å². The first-order chi connectivity index (χ1) is 2.41. The molecule has 3 heteroatoms. The standard InChI is InChI=1S/C5H11.CH3.2H2N.Pt/c1-3-5-4-2;;;;/h5H,3-4H2,1-2H3;1H3;2*1H2;/q4*-1;+4. The maximum Gasteiger partial charge on any atom is 4.00 e. The van der Waals surface area contributed by atoms with Crippen LogP contribution >= 0.6 is 0 Å². The van der Waals surface area contributed by atoms with Crippen molar-refractivity contribution in [1.82, 2.24) is 0 Å². The van der Waals surface area contributed by atoms with Gasteiger partial charge in [-0.3, -0.25) is 0 Å². The van der Waals surface area contributed by atoms with E-state index in [0.29, 0.717) is 0 Å². The van der Waals surface area contributed by atoms with E-state index in [2.05, 4.69) is 20.3 Å². The number of hydrogen-bond acceptors (Lipinski definition) is 0. The molecule has 0 fully saturated rings. The van der Waals surface area contributed by atoms with Crippen molar-refractivity contribution in [2.45, 2.75) is 26.7 Å². The summed E-state index contributed by atoms with van der Waals surface area (Å²) in [6.45, 7) is 4.31. The van der Waals surface area contributed by atoms with Crippen LogP contribution in [0.15, 0.2) is 0 Å². The van der Waals surface area contributed by atoms with Gasteiger partial charge >= 0.3 is 21.1 Å². The van der Waals surface area contributed by atoms with Gasteiger partial charge in [-0.05, 0) is 0 Å². The molecule has 0 aromatic carbocycles. The molecule has 0 radical (unpaired) electrons. The summed E-state index contributed by atoms with van der Waals surface area (Å²) in [6, 6.07) is 0. The fourth-order valence-electron chi connectivity index (χ4n) is 0.289. The Balaban J connectivity index is -0.0000000133. The van der Waals surface area contributed by atoms with Gasteiger partial charge in [0, 0.05) is 0 Å². The Morgan fingerprint density at radius 2 is 1.22 bits per heavy atom. The van der Waals surface area contributed by atoms with Crippen LogP contribution in [0.5, 0.6) is 0 Å². The largest absolute Gasteiger partial charge is 4.00 e. The van der Waals surface area contributed by atoms with Gasteiger partial charge in [-0.15, -0.1) is 0 Å². The summed E-state index contributed by atoms with van der Waals surface area (Å²) in [5.41, 5.74) is 0. The van der Waals surface area contributed by atoms with Crippen LogP contribution in [0, 0.1) is 13.8 Å². The topological polar surface area (TPSA) is 67.0 Å². The van der Waals surface area contributed by atoms with Crippen LogP contribution in [0.4, 0.5) is 0 Å². The molecule has 0 heterocycles. The van der Waals surface area contributed by atoms with Crippen molar-refractivity contribution < 1.29 is 21.1 Å². The van der Waals surface area contributed by atoms with Crippen LogP contribution in [0.1, 0.15) is 26.7 Å². The molecule has 0 rings (SSSR count). The van der Waals surface area contributed by atoms with Crippen molar-refractivity contribution in [1.29, 1.82) is 0 Å². The monoisotopic (exact) mass is 313 g/mol. The molecule has 62 valence electrons. The van der Waals surface area contributed by atoms with Gasteiger partial charge in [0.15, 0.2) is 0 Å². The summed E-state index contributed by atoms with van der Waals surface area (Å²) in [5.74, 6) is 0. The second-order valence-electron chi connectivity index (χ2n) is 1.11. The van der Waals surface area contributed by atoms with Crippen LogP contribution in [-0.2, 0) is 21.1 Å². The Kier molecular flexibility index (Phi) is 143. The van der Waals surface area contributed by atoms with Crippen LogP contribution in [0.2, 0.25) is 0 Å². The van der Waals surface area contributed by atoms with E-state index in [0.717, 1.165) is 0 Å². The third kappa shape index (κ3) is 55.3. The van der Waals surface area contributed by atoms with Crippen molar-refractivity contribution in [2.75, 3.05) is 0 Å². The summed E-state index contributed by atoms with van der Waals surface area (Å²) in [5, 5.41) is 0. The first-order valence-corrected chi connectivity index (χ1v) is 2.23. The number of unbranched alkanes of at least 4 members (excludes halogenated alkanes) is 2. The van der Waals surface area contributed by atoms with Gasteiger partial charge in [0.05, 0.1) is 0 Å². The molecule has 9 heavy (non-hydrogen) atoms. The fourth-order valence-corrected chi connectivity index (χ4v) is 0.289. The summed E-state index contributed by atoms with van der Waals surface area (Å²) >= 11 is 0. The molecule has 0 amide bonds. The molecule has 0 aromatic rings. The maximum absolute atomic E-state index is 2.25. The molecule has 2 nitrogen and oxygen atoms in total. The Morgan fingerprint density at radius 3 is 1.22 bits per heavy atom. The zero-order valence-corrected chi connectivity index (χ0v) is 8.73. The minimum absolute atomic E-state index is 0. The Bertz CT molecular complexity index is 18.5. The first-order valence-electron chi connectivity index (χ1n) is 2.23. The van der Waals surface area contributed by atoms with Crippen molar-refractivity contribution in [3.63, 3.8) is 0 Å². The third-order valence-corrected chi connectivity index (χ3v) is 0.577. The molecule has 0 atom stereocenters. The Hall–Kier alpha value is 0.608. The molecule has 0 aliphatic rings. The van der Waals surface area contributed by atoms with E-state index in [1.54, 1.807) is 0 Å². The van der Waals surface area contributed by atoms with Crippen molar-refractivity contribution >= 4 is 0 Å². The second-order valence-corrected chi connectivity index (χ2v) is 1.11. The predicted molar refractivity (Wildman–Crippen MR) is 41.9 cm³/mol. The van der Waals surface area contributed by atoms with Gasteiger partial charge in [-0.1, -0.05) is 13.8 Å². The third-order valence-electron chi connectivity index (χ3n) is 0.577. The number of hydrogen-bond donors (Lipinski definition) is 0. The SMILES string of the molecule is CC[CH-]CC.[CH3-].[NH2-].[NH2-].[Pt+4]. The van der Waals surface area contributed by atoms with Crippen LogP contribution in [0.3, 0.4) is 0 Å². The molecule has 0 bridgehead atoms. The summed E-state index contributed by atoms with van der Waals surface area (Å²) < 4.78 is 0. The van der Waals surface area contributed by atoms with E-state index in [9.17, 15) is 0 Å². The zero-order chi connectivity index (χ0) is 4.12. The van der Waals surface area contributed by atoms with E-state index < -0.39 is 0 Å². The smallest absolute Gasteiger partial charge is 0.693 e. The molecule has 0 aliphatic carbocycles. The minimum atomic E-state index is 0. The van der Waals surface area contributed by atoms with Crippen LogP contribution in [0.25, 0.3) is 12.3 Å². The second kappa shape index (κ2) is 38.3. The summed E-state index contributed by atoms with van der Waals surface area (Å²) in [7, 11) is 0. The molecule has 4 N–H and O–H groups in total. The predicted octanol–water partition coefficient (Wildman–Crippen LogP) is 3.89. The quantitative estimate of drug-likeness (QED) is 0.694. The van der Waals surface area contributed by atoms with Gasteiger partial charge in [-0.25, -0.2) is 0 Å². The van der Waals surface area contributed by atoms with Crippen molar-refractivity contribution in [3.8, 4) is 0 Å². The summed E-state index contributed by atoms with van der Waals surface area (Å²) in [6.07, 6.45) is 4.69. The molecule has 0 unspecified atom stereocenters. The fraction of sp³-hybridized carbons (Fsp3) is 0.667. The van der Waals surface area contributed by atoms with E-state index in [1.807, 2.05) is 0 Å². The molecule has 0 spiro atoms. The molecular weight excluding hydrogens is 295 g/mol. The summed E-state index contributed by atoms with van der Waals surface area (Å²) in [4.78, 5) is 0. The van der Waals surface area contributed by atoms with Gasteiger partial charge in [0.1, 0.15) is 0 Å². The van der Waals surface area contributed by atoms with E-state index in [4.69, 9.17) is 0 Å². The minimum Gasteiger partial charge on any atom is -0.693 e. The van der Waals surface area contributed by atoms with E-state index in [1.165, 1.54) is 12.8 Å². The Labute approximate surface area is 74.2 Å². The maximum atomic E-state index is 2.25. The molecule has 0 aromatic heterocycles. The van der Waals surface area contributed by atoms with E-state index in [-0.39, 0.29) is 40.8 Å². The number of rotatable bonds is 2. The molecule has 0 aliphatic heterocycles. The van der Waals surface area contributed by atoms with Crippen molar-refractivity contribution in [2.24, 2.45) is 0 Å². The first kappa shape index (κ1) is 33.5. The van der Waals surface area contributed by atoms with Crippen LogP contribution in [-0.4, -0.2) is 0 Å². The average molecular weight is 313 g/mol. The van der Waals surface area contributed by atoms with Crippen molar-refractivity contribution in [3.05, 3.63) is 26.1 Å². The molecule has 0 saturated heterocycles. The van der Waals surface area contributed by atoms with Gasteiger partial charge in [0.2, 0.25) is 0 Å². The molecular formula is C6H18N2Pt. The molecule has 0 saturated carbocycles.